The maximum atomic E-state index is 11.9. The van der Waals surface area contributed by atoms with Gasteiger partial charge < -0.3 is 14.8 Å². The van der Waals surface area contributed by atoms with Gasteiger partial charge in [-0.05, 0) is 33.6 Å². The Hall–Kier alpha value is -0.610. The van der Waals surface area contributed by atoms with E-state index < -0.39 is 0 Å². The molecule has 2 saturated heterocycles. The van der Waals surface area contributed by atoms with Crippen LogP contribution in [0.4, 0.5) is 0 Å². The van der Waals surface area contributed by atoms with Crippen molar-refractivity contribution < 1.29 is 14.3 Å². The third kappa shape index (κ3) is 2.95. The summed E-state index contributed by atoms with van der Waals surface area (Å²) in [6.07, 6.45) is 1.95. The van der Waals surface area contributed by atoms with Gasteiger partial charge in [0.25, 0.3) is 0 Å². The molecule has 2 heterocycles. The van der Waals surface area contributed by atoms with Crippen molar-refractivity contribution in [3.05, 3.63) is 0 Å². The van der Waals surface area contributed by atoms with Crippen LogP contribution < -0.4 is 5.32 Å². The van der Waals surface area contributed by atoms with Crippen LogP contribution in [0, 0.1) is 5.92 Å². The third-order valence-corrected chi connectivity index (χ3v) is 2.96. The van der Waals surface area contributed by atoms with E-state index in [4.69, 9.17) is 9.47 Å². The highest BCUT2D eigenvalue weighted by Crippen LogP contribution is 2.28. The van der Waals surface area contributed by atoms with Gasteiger partial charge in [0.1, 0.15) is 5.60 Å². The van der Waals surface area contributed by atoms with Crippen LogP contribution in [0.2, 0.25) is 0 Å². The lowest BCUT2D eigenvalue weighted by Gasteiger charge is -2.39. The third-order valence-electron chi connectivity index (χ3n) is 2.96. The minimum atomic E-state index is -0.386. The highest BCUT2D eigenvalue weighted by atomic mass is 16.6. The molecule has 0 amide bonds. The summed E-state index contributed by atoms with van der Waals surface area (Å²) in [5.74, 6) is -0.0437. The Kier molecular flexibility index (Phi) is 3.22. The van der Waals surface area contributed by atoms with Gasteiger partial charge in [0, 0.05) is 13.1 Å². The standard InChI is InChI=1S/C12H21NO3/c1-12(2,3)16-11(14)8-4-9-6-13-7-10(5-8)15-9/h8-10,13H,4-7H2,1-3H3. The Morgan fingerprint density at radius 3 is 2.31 bits per heavy atom. The maximum absolute atomic E-state index is 11.9. The highest BCUT2D eigenvalue weighted by molar-refractivity contribution is 5.73. The van der Waals surface area contributed by atoms with E-state index in [-0.39, 0.29) is 29.7 Å². The van der Waals surface area contributed by atoms with E-state index in [2.05, 4.69) is 5.32 Å². The first-order valence-corrected chi connectivity index (χ1v) is 6.03. The second-order valence-corrected chi connectivity index (χ2v) is 5.74. The lowest BCUT2D eigenvalue weighted by molar-refractivity contribution is -0.170. The summed E-state index contributed by atoms with van der Waals surface area (Å²) in [4.78, 5) is 11.9. The number of nitrogens with one attached hydrogen (secondary N) is 1. The molecule has 16 heavy (non-hydrogen) atoms. The Balaban J connectivity index is 1.92. The molecule has 0 saturated carbocycles. The van der Waals surface area contributed by atoms with Crippen LogP contribution in [-0.2, 0) is 14.3 Å². The minimum Gasteiger partial charge on any atom is -0.460 e. The molecule has 0 aromatic rings. The molecule has 0 radical (unpaired) electrons. The first kappa shape index (κ1) is 11.9. The first-order chi connectivity index (χ1) is 7.44. The number of fused-ring (bicyclic) bond motifs is 2. The summed E-state index contributed by atoms with van der Waals surface area (Å²) in [6, 6.07) is 0. The zero-order valence-electron chi connectivity index (χ0n) is 10.3. The molecule has 0 aromatic carbocycles. The van der Waals surface area contributed by atoms with E-state index >= 15 is 0 Å². The highest BCUT2D eigenvalue weighted by Gasteiger charge is 2.37. The molecule has 2 unspecified atom stereocenters. The predicted octanol–water partition coefficient (Wildman–Crippen LogP) is 1.10. The van der Waals surface area contributed by atoms with Crippen molar-refractivity contribution in [1.29, 1.82) is 0 Å². The molecule has 2 atom stereocenters. The second kappa shape index (κ2) is 4.34. The fourth-order valence-corrected chi connectivity index (χ4v) is 2.36. The monoisotopic (exact) mass is 227 g/mol. The van der Waals surface area contributed by atoms with Gasteiger partial charge in [0.05, 0.1) is 18.1 Å². The van der Waals surface area contributed by atoms with Crippen molar-refractivity contribution in [2.24, 2.45) is 5.92 Å². The van der Waals surface area contributed by atoms with Crippen molar-refractivity contribution in [3.8, 4) is 0 Å². The molecule has 4 nitrogen and oxygen atoms in total. The van der Waals surface area contributed by atoms with Gasteiger partial charge in [-0.2, -0.15) is 0 Å². The fourth-order valence-electron chi connectivity index (χ4n) is 2.36. The van der Waals surface area contributed by atoms with Crippen molar-refractivity contribution in [1.82, 2.24) is 5.32 Å². The summed E-state index contributed by atoms with van der Waals surface area (Å²) >= 11 is 0. The van der Waals surface area contributed by atoms with Crippen molar-refractivity contribution in [2.45, 2.75) is 51.4 Å². The summed E-state index contributed by atoms with van der Waals surface area (Å²) in [7, 11) is 0. The van der Waals surface area contributed by atoms with Crippen molar-refractivity contribution in [3.63, 3.8) is 0 Å². The van der Waals surface area contributed by atoms with Gasteiger partial charge in [-0.25, -0.2) is 0 Å². The molecule has 2 aliphatic rings. The van der Waals surface area contributed by atoms with Crippen molar-refractivity contribution >= 4 is 5.97 Å². The van der Waals surface area contributed by atoms with Gasteiger partial charge in [-0.15, -0.1) is 0 Å². The number of ether oxygens (including phenoxy) is 2. The van der Waals surface area contributed by atoms with Crippen LogP contribution >= 0.6 is 0 Å². The van der Waals surface area contributed by atoms with E-state index in [1.54, 1.807) is 0 Å². The summed E-state index contributed by atoms with van der Waals surface area (Å²) in [6.45, 7) is 7.44. The Morgan fingerprint density at radius 2 is 1.81 bits per heavy atom. The summed E-state index contributed by atoms with van der Waals surface area (Å²) in [5, 5.41) is 3.32. The molecule has 2 fully saturated rings. The largest absolute Gasteiger partial charge is 0.460 e. The topological polar surface area (TPSA) is 47.6 Å². The average molecular weight is 227 g/mol. The quantitative estimate of drug-likeness (QED) is 0.681. The molecule has 0 aromatic heterocycles. The van der Waals surface area contributed by atoms with Gasteiger partial charge >= 0.3 is 5.97 Å². The van der Waals surface area contributed by atoms with Gasteiger partial charge in [-0.3, -0.25) is 4.79 Å². The SMILES string of the molecule is CC(C)(C)OC(=O)C1CC2CNCC(C1)O2. The Labute approximate surface area is 96.7 Å². The number of esters is 1. The minimum absolute atomic E-state index is 0.0186. The zero-order chi connectivity index (χ0) is 11.8. The molecule has 2 bridgehead atoms. The predicted molar refractivity (Wildman–Crippen MR) is 60.1 cm³/mol. The number of rotatable bonds is 1. The van der Waals surface area contributed by atoms with Gasteiger partial charge in [-0.1, -0.05) is 0 Å². The van der Waals surface area contributed by atoms with Gasteiger partial charge in [0.15, 0.2) is 0 Å². The Morgan fingerprint density at radius 1 is 1.25 bits per heavy atom. The zero-order valence-corrected chi connectivity index (χ0v) is 10.3. The summed E-state index contributed by atoms with van der Waals surface area (Å²) < 4.78 is 11.2. The number of hydrogen-bond acceptors (Lipinski definition) is 4. The lowest BCUT2D eigenvalue weighted by Crippen LogP contribution is -2.51. The van der Waals surface area contributed by atoms with E-state index in [0.29, 0.717) is 0 Å². The molecular weight excluding hydrogens is 206 g/mol. The smallest absolute Gasteiger partial charge is 0.309 e. The van der Waals surface area contributed by atoms with Crippen LogP contribution in [0.15, 0.2) is 0 Å². The van der Waals surface area contributed by atoms with Gasteiger partial charge in [0.2, 0.25) is 0 Å². The molecular formula is C12H21NO3. The number of hydrogen-bond donors (Lipinski definition) is 1. The molecule has 1 N–H and O–H groups in total. The number of carbonyl (C=O) groups excluding carboxylic acids is 1. The van der Waals surface area contributed by atoms with Crippen LogP contribution in [-0.4, -0.2) is 36.9 Å². The van der Waals surface area contributed by atoms with E-state index in [1.165, 1.54) is 0 Å². The molecule has 92 valence electrons. The number of morpholine rings is 1. The molecule has 0 aliphatic carbocycles. The molecule has 2 rings (SSSR count). The number of carbonyl (C=O) groups is 1. The fraction of sp³-hybridized carbons (Fsp3) is 0.917. The van der Waals surface area contributed by atoms with E-state index in [0.717, 1.165) is 25.9 Å². The van der Waals surface area contributed by atoms with Crippen LogP contribution in [0.5, 0.6) is 0 Å². The van der Waals surface area contributed by atoms with E-state index in [9.17, 15) is 4.79 Å². The second-order valence-electron chi connectivity index (χ2n) is 5.74. The lowest BCUT2D eigenvalue weighted by atomic mass is 9.89. The summed E-state index contributed by atoms with van der Waals surface area (Å²) in [5.41, 5.74) is -0.386. The molecule has 2 aliphatic heterocycles. The van der Waals surface area contributed by atoms with Crippen LogP contribution in [0.25, 0.3) is 0 Å². The Bertz CT molecular complexity index is 260. The first-order valence-electron chi connectivity index (χ1n) is 6.03. The van der Waals surface area contributed by atoms with E-state index in [1.807, 2.05) is 20.8 Å². The molecule has 0 spiro atoms. The normalized spacial score (nSPS) is 34.6. The average Bonchev–Trinajstić information content (AvgIpc) is 2.14. The maximum Gasteiger partial charge on any atom is 0.309 e. The van der Waals surface area contributed by atoms with Crippen LogP contribution in [0.3, 0.4) is 0 Å². The van der Waals surface area contributed by atoms with Crippen molar-refractivity contribution in [2.75, 3.05) is 13.1 Å². The molecule has 4 heteroatoms. The van der Waals surface area contributed by atoms with Crippen LogP contribution in [0.1, 0.15) is 33.6 Å².